The minimum Gasteiger partial charge on any atom is -0.379 e. The number of Topliss-reactive ketones (excluding diaryl/α,β-unsaturated/α-hetero) is 2. The standard InChI is InChI=1S/C28H44N2O3.C27H43N5O6.C26H42N2O3.C24H40N2O6/c1-21-11-16-27(33)30(21)19-22-12-14-23(15-13-22)25(31)9-7-5-6-8-10-26(32)29-18-17-24(20-29)28(2,3)4;1-22-5-6-26(34)32(22)21-24-20-31(29-28-24)10-12-36-14-16-38-18-17-37-15-13-35-11-8-25(33)30-9-7-23(19-30)27(2,3)4;1-21-15-16-25(31)28(21)18-11-7-9-13-23(29)12-8-5-6-10-14-24(30)27-19-17-22(20-27)26(2,3)4;1-20-5-6-23(28)26(20)10-12-30-14-16-32-18-17-31-15-13-29-11-8-22(27)25-9-7-21(19-25)24(2,3)4/h11,16,22-24H,1,5-10,12-15,17-20H2,2-4H3;5-6,20,23H,1,7-19,21H2,2-4H3;15-16,22H,1,5-14,17-20H2,2-4H3;5-6,21H,1,7-19H2,2-4H3. The summed E-state index contributed by atoms with van der Waals surface area (Å²) in [6, 6.07) is 0. The van der Waals surface area contributed by atoms with Crippen LogP contribution in [0.5, 0.6) is 0 Å². The van der Waals surface area contributed by atoms with E-state index in [1.54, 1.807) is 66.9 Å². The summed E-state index contributed by atoms with van der Waals surface area (Å²) in [6.45, 7) is 59.9. The molecule has 0 aromatic carbocycles. The maximum Gasteiger partial charge on any atom is 0.251 e. The van der Waals surface area contributed by atoms with Crippen LogP contribution >= 0.6 is 0 Å². The summed E-state index contributed by atoms with van der Waals surface area (Å²) in [6.07, 6.45) is 37.9. The first-order chi connectivity index (χ1) is 63.9. The van der Waals surface area contributed by atoms with Gasteiger partial charge in [0.25, 0.3) is 23.6 Å². The normalized spacial score (nSPS) is 20.3. The number of hydrogen-bond acceptors (Lipinski definition) is 20. The number of likely N-dealkylation sites (tertiary alicyclic amines) is 4. The van der Waals surface area contributed by atoms with E-state index >= 15 is 0 Å². The number of carbonyl (C=O) groups is 10. The molecule has 8 aliphatic heterocycles. The van der Waals surface area contributed by atoms with Crippen molar-refractivity contribution in [3.8, 4) is 0 Å². The summed E-state index contributed by atoms with van der Waals surface area (Å²) in [4.78, 5) is 136. The number of hydrogen-bond donors (Lipinski definition) is 0. The number of rotatable bonds is 55. The van der Waals surface area contributed by atoms with Gasteiger partial charge in [0, 0.05) is 157 Å². The summed E-state index contributed by atoms with van der Waals surface area (Å²) in [5, 5.41) is 8.15. The van der Waals surface area contributed by atoms with Gasteiger partial charge in [0.2, 0.25) is 23.6 Å². The Bertz CT molecular complexity index is 3950. The Balaban J connectivity index is 0.000000245. The van der Waals surface area contributed by atoms with Crippen molar-refractivity contribution in [2.24, 2.45) is 57.2 Å². The van der Waals surface area contributed by atoms with Crippen LogP contribution in [0.4, 0.5) is 0 Å². The maximum absolute atomic E-state index is 12.6. The van der Waals surface area contributed by atoms with Gasteiger partial charge in [-0.15, -0.1) is 5.10 Å². The maximum atomic E-state index is 12.6. The Labute approximate surface area is 802 Å². The van der Waals surface area contributed by atoms with Gasteiger partial charge in [0.05, 0.1) is 138 Å². The molecule has 9 aliphatic rings. The first kappa shape index (κ1) is 113. The molecule has 0 bridgehead atoms. The molecule has 4 unspecified atom stereocenters. The topological polar surface area (TPSA) is 301 Å². The van der Waals surface area contributed by atoms with Gasteiger partial charge in [-0.2, -0.15) is 0 Å². The average molecular weight is 1870 g/mol. The smallest absolute Gasteiger partial charge is 0.251 e. The Morgan fingerprint density at radius 3 is 0.985 bits per heavy atom. The molecule has 1 saturated carbocycles. The van der Waals surface area contributed by atoms with Crippen molar-refractivity contribution in [2.45, 2.75) is 263 Å². The molecule has 1 aromatic heterocycles. The van der Waals surface area contributed by atoms with Crippen LogP contribution in [0, 0.1) is 57.2 Å². The molecule has 9 heterocycles. The first-order valence-electron chi connectivity index (χ1n) is 50.3. The fraction of sp³-hybridized carbons (Fsp3) is 0.733. The van der Waals surface area contributed by atoms with Crippen molar-refractivity contribution in [1.82, 2.24) is 54.2 Å². The van der Waals surface area contributed by atoms with Crippen LogP contribution in [0.1, 0.15) is 256 Å². The highest BCUT2D eigenvalue weighted by molar-refractivity contribution is 5.94. The van der Waals surface area contributed by atoms with E-state index in [0.717, 1.165) is 192 Å². The minimum atomic E-state index is -0.0954. The van der Waals surface area contributed by atoms with Crippen molar-refractivity contribution in [2.75, 3.05) is 178 Å². The van der Waals surface area contributed by atoms with Gasteiger partial charge in [-0.05, 0) is 165 Å². The van der Waals surface area contributed by atoms with Crippen LogP contribution < -0.4 is 0 Å². The van der Waals surface area contributed by atoms with Crippen molar-refractivity contribution >= 4 is 58.8 Å². The number of ether oxygens (including phenoxy) is 8. The molecule has 4 saturated heterocycles. The van der Waals surface area contributed by atoms with E-state index in [9.17, 15) is 47.9 Å². The molecular formula is C105H169N11O18. The molecule has 10 rings (SSSR count). The first-order valence-corrected chi connectivity index (χ1v) is 50.3. The van der Waals surface area contributed by atoms with Gasteiger partial charge in [0.1, 0.15) is 17.3 Å². The number of allylic oxidation sites excluding steroid dienone is 4. The number of unbranched alkanes of at least 4 members (excludes halogenated alkanes) is 8. The molecule has 4 atom stereocenters. The molecule has 29 nitrogen and oxygen atoms in total. The molecule has 0 spiro atoms. The van der Waals surface area contributed by atoms with E-state index in [4.69, 9.17) is 37.9 Å². The number of aromatic nitrogens is 3. The molecule has 134 heavy (non-hydrogen) atoms. The lowest BCUT2D eigenvalue weighted by molar-refractivity contribution is -0.132. The molecule has 1 aromatic rings. The predicted molar refractivity (Wildman–Crippen MR) is 521 cm³/mol. The third-order valence-corrected chi connectivity index (χ3v) is 27.4. The Morgan fingerprint density at radius 2 is 0.634 bits per heavy atom. The van der Waals surface area contributed by atoms with Crippen LogP contribution in [0.3, 0.4) is 0 Å². The molecule has 0 radical (unpaired) electrons. The van der Waals surface area contributed by atoms with Gasteiger partial charge in [-0.1, -0.05) is 147 Å². The third-order valence-electron chi connectivity index (χ3n) is 27.4. The highest BCUT2D eigenvalue weighted by Crippen LogP contribution is 2.39. The van der Waals surface area contributed by atoms with E-state index in [0.29, 0.717) is 247 Å². The zero-order chi connectivity index (χ0) is 97.6. The SMILES string of the molecule is C=C1C=CC(=O)N1CC1CCC(C(=O)CCCCCCC(=O)N2CCC(C(C)(C)C)C2)CC1.C=C1C=CC(=O)N1CCCCCC(=O)CCCCCCC(=O)N1CCC(C(C)(C)C)C1.C=C1C=CC(=O)N1CCOCCOCCOCCOCCC(=O)N1CCC(C(C)(C)C)C1.C=C1C=CC(=O)N1Cc1cn(CCOCCOCCOCCOCCC(=O)N2CCC(C(C)(C)C)C2)nn1. The van der Waals surface area contributed by atoms with Crippen LogP contribution in [0.25, 0.3) is 0 Å². The van der Waals surface area contributed by atoms with Gasteiger partial charge in [0.15, 0.2) is 0 Å². The Hall–Kier alpha value is -8.16. The van der Waals surface area contributed by atoms with Gasteiger partial charge in [-0.3, -0.25) is 47.9 Å². The number of carbonyl (C=O) groups excluding carboxylic acids is 10. The van der Waals surface area contributed by atoms with Gasteiger partial charge >= 0.3 is 0 Å². The molecule has 752 valence electrons. The minimum absolute atomic E-state index is 0.0114. The highest BCUT2D eigenvalue weighted by Gasteiger charge is 2.39. The second-order valence-electron chi connectivity index (χ2n) is 41.7. The van der Waals surface area contributed by atoms with Crippen LogP contribution in [-0.2, 0) is 98.9 Å². The fourth-order valence-corrected chi connectivity index (χ4v) is 18.0. The monoisotopic (exact) mass is 1870 g/mol. The van der Waals surface area contributed by atoms with E-state index in [1.165, 1.54) is 12.2 Å². The summed E-state index contributed by atoms with van der Waals surface area (Å²) in [5.41, 5.74) is 4.65. The van der Waals surface area contributed by atoms with Gasteiger partial charge < -0.3 is 77.1 Å². The summed E-state index contributed by atoms with van der Waals surface area (Å²) >= 11 is 0. The third kappa shape index (κ3) is 42.0. The largest absolute Gasteiger partial charge is 0.379 e. The van der Waals surface area contributed by atoms with Crippen LogP contribution in [0.15, 0.2) is 104 Å². The molecule has 5 fully saturated rings. The summed E-state index contributed by atoms with van der Waals surface area (Å²) in [5.74, 6) is 4.67. The Morgan fingerprint density at radius 1 is 0.328 bits per heavy atom. The van der Waals surface area contributed by atoms with E-state index in [2.05, 4.69) is 125 Å². The quantitative estimate of drug-likeness (QED) is 0.0547. The molecule has 1 aliphatic carbocycles. The second kappa shape index (κ2) is 59.2. The van der Waals surface area contributed by atoms with Crippen LogP contribution in [-0.4, -0.2) is 291 Å². The summed E-state index contributed by atoms with van der Waals surface area (Å²) in [7, 11) is 0. The van der Waals surface area contributed by atoms with Crippen molar-refractivity contribution in [1.29, 1.82) is 0 Å². The zero-order valence-corrected chi connectivity index (χ0v) is 84.1. The molecule has 29 heteroatoms. The molecule has 8 amide bonds. The zero-order valence-electron chi connectivity index (χ0n) is 84.1. The van der Waals surface area contributed by atoms with E-state index < -0.39 is 0 Å². The van der Waals surface area contributed by atoms with Crippen molar-refractivity contribution in [3.05, 3.63) is 110 Å². The van der Waals surface area contributed by atoms with Crippen molar-refractivity contribution in [3.63, 3.8) is 0 Å². The lowest BCUT2D eigenvalue weighted by Crippen LogP contribution is -2.32. The van der Waals surface area contributed by atoms with E-state index in [-0.39, 0.29) is 63.0 Å². The van der Waals surface area contributed by atoms with E-state index in [1.807, 2.05) is 14.7 Å². The van der Waals surface area contributed by atoms with Gasteiger partial charge in [-0.25, -0.2) is 4.68 Å². The number of ketones is 2. The lowest BCUT2D eigenvalue weighted by Gasteiger charge is -2.31. The fourth-order valence-electron chi connectivity index (χ4n) is 18.0. The van der Waals surface area contributed by atoms with Crippen LogP contribution in [0.2, 0.25) is 0 Å². The average Bonchev–Trinajstić information content (AvgIpc) is 1.69. The molecule has 0 N–H and O–H groups in total. The number of amides is 8. The molecular weight excluding hydrogens is 1700 g/mol. The second-order valence-corrected chi connectivity index (χ2v) is 41.7. The van der Waals surface area contributed by atoms with Crippen molar-refractivity contribution < 1.29 is 85.8 Å². The lowest BCUT2D eigenvalue weighted by atomic mass is 9.79. The highest BCUT2D eigenvalue weighted by atomic mass is 16.6. The summed E-state index contributed by atoms with van der Waals surface area (Å²) < 4.78 is 45.7. The predicted octanol–water partition coefficient (Wildman–Crippen LogP) is 15.1. The Kier molecular flexibility index (Phi) is 49.8. The number of nitrogens with zero attached hydrogens (tertiary/aromatic N) is 11.